The molecule has 5 nitrogen and oxygen atoms in total. The highest BCUT2D eigenvalue weighted by atomic mass is 16.3. The third-order valence-electron chi connectivity index (χ3n) is 4.21. The van der Waals surface area contributed by atoms with E-state index in [4.69, 9.17) is 0 Å². The SMILES string of the molecule is C[C@@H](NC(=O)/C(C#N)=C\c1cccn1-c1ccc(O)cc1)c1ccccc1. The molecule has 0 unspecified atom stereocenters. The van der Waals surface area contributed by atoms with E-state index in [1.807, 2.05) is 66.2 Å². The topological polar surface area (TPSA) is 78.0 Å². The Kier molecular flexibility index (Phi) is 5.38. The van der Waals surface area contributed by atoms with E-state index < -0.39 is 5.91 Å². The first kappa shape index (κ1) is 18.0. The molecule has 2 N–H and O–H groups in total. The maximum absolute atomic E-state index is 12.5. The molecule has 27 heavy (non-hydrogen) atoms. The van der Waals surface area contributed by atoms with Crippen LogP contribution in [0.15, 0.2) is 78.5 Å². The molecule has 3 rings (SSSR count). The van der Waals surface area contributed by atoms with Gasteiger partial charge < -0.3 is 15.0 Å². The number of benzene rings is 2. The van der Waals surface area contributed by atoms with Crippen LogP contribution < -0.4 is 5.32 Å². The van der Waals surface area contributed by atoms with Crippen molar-refractivity contribution in [3.63, 3.8) is 0 Å². The zero-order valence-corrected chi connectivity index (χ0v) is 14.8. The Balaban J connectivity index is 1.83. The van der Waals surface area contributed by atoms with E-state index in [1.54, 1.807) is 30.3 Å². The number of aromatic hydroxyl groups is 1. The van der Waals surface area contributed by atoms with Crippen molar-refractivity contribution in [2.24, 2.45) is 0 Å². The van der Waals surface area contributed by atoms with Gasteiger partial charge in [0, 0.05) is 17.6 Å². The fourth-order valence-electron chi connectivity index (χ4n) is 2.76. The summed E-state index contributed by atoms with van der Waals surface area (Å²) in [5.41, 5.74) is 2.51. The third kappa shape index (κ3) is 4.25. The standard InChI is InChI=1S/C22H19N3O2/c1-16(17-6-3-2-4-7-17)24-22(27)18(15-23)14-20-8-5-13-25(20)19-9-11-21(26)12-10-19/h2-14,16,26H,1H3,(H,24,27)/b18-14-/t16-/m1/s1. The average Bonchev–Trinajstić information content (AvgIpc) is 3.15. The van der Waals surface area contributed by atoms with Gasteiger partial charge in [0.25, 0.3) is 5.91 Å². The summed E-state index contributed by atoms with van der Waals surface area (Å²) in [5.74, 6) is -0.248. The van der Waals surface area contributed by atoms with Crippen molar-refractivity contribution < 1.29 is 9.90 Å². The summed E-state index contributed by atoms with van der Waals surface area (Å²) in [6.45, 7) is 1.88. The lowest BCUT2D eigenvalue weighted by atomic mass is 10.1. The van der Waals surface area contributed by atoms with Gasteiger partial charge in [-0.05, 0) is 55.0 Å². The number of nitrogens with one attached hydrogen (secondary N) is 1. The van der Waals surface area contributed by atoms with E-state index >= 15 is 0 Å². The van der Waals surface area contributed by atoms with E-state index in [-0.39, 0.29) is 17.4 Å². The zero-order valence-electron chi connectivity index (χ0n) is 14.8. The normalized spacial score (nSPS) is 12.2. The molecule has 3 aromatic rings. The van der Waals surface area contributed by atoms with E-state index in [2.05, 4.69) is 5.32 Å². The van der Waals surface area contributed by atoms with Crippen LogP contribution in [-0.4, -0.2) is 15.6 Å². The van der Waals surface area contributed by atoms with Gasteiger partial charge in [0.2, 0.25) is 0 Å². The van der Waals surface area contributed by atoms with E-state index in [1.165, 1.54) is 0 Å². The molecule has 0 saturated heterocycles. The van der Waals surface area contributed by atoms with Crippen molar-refractivity contribution in [1.82, 2.24) is 9.88 Å². The number of phenols is 1. The Morgan fingerprint density at radius 3 is 2.48 bits per heavy atom. The number of carbonyl (C=O) groups is 1. The molecule has 134 valence electrons. The summed E-state index contributed by atoms with van der Waals surface area (Å²) in [7, 11) is 0. The molecule has 1 atom stereocenters. The lowest BCUT2D eigenvalue weighted by Crippen LogP contribution is -2.27. The maximum atomic E-state index is 12.5. The Bertz CT molecular complexity index is 996. The number of phenolic OH excluding ortho intramolecular Hbond substituents is 1. The van der Waals surface area contributed by atoms with Crippen LogP contribution in [0.3, 0.4) is 0 Å². The molecule has 0 spiro atoms. The second-order valence-corrected chi connectivity index (χ2v) is 6.10. The van der Waals surface area contributed by atoms with Gasteiger partial charge in [-0.15, -0.1) is 0 Å². The molecule has 0 radical (unpaired) electrons. The van der Waals surface area contributed by atoms with E-state index in [9.17, 15) is 15.2 Å². The lowest BCUT2D eigenvalue weighted by molar-refractivity contribution is -0.117. The number of amides is 1. The molecule has 1 amide bonds. The first-order chi connectivity index (χ1) is 13.1. The molecule has 0 fully saturated rings. The minimum Gasteiger partial charge on any atom is -0.508 e. The summed E-state index contributed by atoms with van der Waals surface area (Å²) in [6.07, 6.45) is 3.39. The van der Waals surface area contributed by atoms with Gasteiger partial charge >= 0.3 is 0 Å². The summed E-state index contributed by atoms with van der Waals surface area (Å²) in [6, 6.07) is 21.7. The van der Waals surface area contributed by atoms with Crippen molar-refractivity contribution >= 4 is 12.0 Å². The van der Waals surface area contributed by atoms with Crippen molar-refractivity contribution in [1.29, 1.82) is 5.26 Å². The van der Waals surface area contributed by atoms with Crippen molar-refractivity contribution in [3.8, 4) is 17.5 Å². The van der Waals surface area contributed by atoms with Gasteiger partial charge in [-0.25, -0.2) is 0 Å². The van der Waals surface area contributed by atoms with Gasteiger partial charge in [-0.1, -0.05) is 30.3 Å². The number of hydrogen-bond acceptors (Lipinski definition) is 3. The lowest BCUT2D eigenvalue weighted by Gasteiger charge is -2.14. The highest BCUT2D eigenvalue weighted by Crippen LogP contribution is 2.19. The minimum absolute atomic E-state index is 0.0245. The Labute approximate surface area is 157 Å². The quantitative estimate of drug-likeness (QED) is 0.536. The van der Waals surface area contributed by atoms with Crippen LogP contribution in [0.5, 0.6) is 5.75 Å². The fraction of sp³-hybridized carbons (Fsp3) is 0.0909. The van der Waals surface area contributed by atoms with Crippen LogP contribution in [0.4, 0.5) is 0 Å². The molecule has 0 aliphatic rings. The molecule has 2 aromatic carbocycles. The molecule has 1 heterocycles. The second kappa shape index (κ2) is 8.07. The first-order valence-corrected chi connectivity index (χ1v) is 8.53. The predicted octanol–water partition coefficient (Wildman–Crippen LogP) is 3.97. The van der Waals surface area contributed by atoms with Crippen molar-refractivity contribution in [2.45, 2.75) is 13.0 Å². The molecule has 5 heteroatoms. The molecule has 0 bridgehead atoms. The summed E-state index contributed by atoms with van der Waals surface area (Å²) in [4.78, 5) is 12.5. The van der Waals surface area contributed by atoms with Crippen LogP contribution >= 0.6 is 0 Å². The first-order valence-electron chi connectivity index (χ1n) is 8.53. The molecule has 0 aliphatic heterocycles. The third-order valence-corrected chi connectivity index (χ3v) is 4.21. The highest BCUT2D eigenvalue weighted by Gasteiger charge is 2.14. The van der Waals surface area contributed by atoms with Gasteiger partial charge in [0.05, 0.1) is 6.04 Å². The predicted molar refractivity (Wildman–Crippen MR) is 104 cm³/mol. The van der Waals surface area contributed by atoms with Gasteiger partial charge in [0.1, 0.15) is 17.4 Å². The van der Waals surface area contributed by atoms with Crippen LogP contribution in [0, 0.1) is 11.3 Å². The van der Waals surface area contributed by atoms with Crippen LogP contribution in [-0.2, 0) is 4.79 Å². The molecule has 0 aliphatic carbocycles. The number of nitriles is 1. The van der Waals surface area contributed by atoms with Gasteiger partial charge in [-0.2, -0.15) is 5.26 Å². The number of hydrogen-bond donors (Lipinski definition) is 2. The molecule has 1 aromatic heterocycles. The smallest absolute Gasteiger partial charge is 0.262 e. The Morgan fingerprint density at radius 1 is 1.11 bits per heavy atom. The molecular formula is C22H19N3O2. The van der Waals surface area contributed by atoms with E-state index in [0.717, 1.165) is 11.3 Å². The molecule has 0 saturated carbocycles. The average molecular weight is 357 g/mol. The fourth-order valence-corrected chi connectivity index (χ4v) is 2.76. The Hall–Kier alpha value is -3.78. The van der Waals surface area contributed by atoms with Crippen LogP contribution in [0.2, 0.25) is 0 Å². The van der Waals surface area contributed by atoms with Gasteiger partial charge in [0.15, 0.2) is 0 Å². The van der Waals surface area contributed by atoms with Crippen LogP contribution in [0.25, 0.3) is 11.8 Å². The van der Waals surface area contributed by atoms with E-state index in [0.29, 0.717) is 5.69 Å². The number of carbonyl (C=O) groups excluding carboxylic acids is 1. The number of rotatable bonds is 5. The zero-order chi connectivity index (χ0) is 19.2. The van der Waals surface area contributed by atoms with Crippen molar-refractivity contribution in [3.05, 3.63) is 89.8 Å². The largest absolute Gasteiger partial charge is 0.508 e. The monoisotopic (exact) mass is 357 g/mol. The second-order valence-electron chi connectivity index (χ2n) is 6.10. The highest BCUT2D eigenvalue weighted by molar-refractivity contribution is 6.01. The minimum atomic E-state index is -0.424. The van der Waals surface area contributed by atoms with Crippen LogP contribution in [0.1, 0.15) is 24.2 Å². The summed E-state index contributed by atoms with van der Waals surface area (Å²) in [5, 5.41) is 21.7. The van der Waals surface area contributed by atoms with Gasteiger partial charge in [-0.3, -0.25) is 4.79 Å². The number of nitrogens with zero attached hydrogens (tertiary/aromatic N) is 2. The Morgan fingerprint density at radius 2 is 1.81 bits per heavy atom. The summed E-state index contributed by atoms with van der Waals surface area (Å²) < 4.78 is 1.84. The van der Waals surface area contributed by atoms with Crippen molar-refractivity contribution in [2.75, 3.05) is 0 Å². The number of aromatic nitrogens is 1. The summed E-state index contributed by atoms with van der Waals surface area (Å²) >= 11 is 0. The maximum Gasteiger partial charge on any atom is 0.262 e. The molecular weight excluding hydrogens is 338 g/mol.